The van der Waals surface area contributed by atoms with Gasteiger partial charge < -0.3 is 29.8 Å². The maximum atomic E-state index is 12.1. The Morgan fingerprint density at radius 2 is 1.86 bits per heavy atom. The van der Waals surface area contributed by atoms with Crippen LogP contribution in [0.5, 0.6) is 0 Å². The molecule has 2 aliphatic heterocycles. The number of carbonyl (C=O) groups excluding carboxylic acids is 1. The molecule has 0 unspecified atom stereocenters. The summed E-state index contributed by atoms with van der Waals surface area (Å²) < 4.78 is 22.2. The van der Waals surface area contributed by atoms with Gasteiger partial charge in [-0.25, -0.2) is 15.0 Å². The van der Waals surface area contributed by atoms with E-state index in [4.69, 9.17) is 19.9 Å². The fourth-order valence-corrected chi connectivity index (χ4v) is 6.32. The van der Waals surface area contributed by atoms with Gasteiger partial charge in [0.05, 0.1) is 6.33 Å². The van der Waals surface area contributed by atoms with E-state index in [1.165, 1.54) is 39.5 Å². The summed E-state index contributed by atoms with van der Waals surface area (Å²) in [5.74, 6) is -0.853. The molecule has 222 valence electrons. The molecule has 4 atom stereocenters. The molecule has 0 aliphatic carbocycles. The minimum Gasteiger partial charge on any atom is -0.368 e. The molecule has 2 aromatic carbocycles. The molecule has 5 aromatic rings. The van der Waals surface area contributed by atoms with Gasteiger partial charge in [0.1, 0.15) is 18.5 Å². The van der Waals surface area contributed by atoms with Crippen molar-refractivity contribution in [2.45, 2.75) is 71.0 Å². The number of nitrogens with two attached hydrogens (primary N) is 1. The summed E-state index contributed by atoms with van der Waals surface area (Å²) >= 11 is 0. The van der Waals surface area contributed by atoms with Gasteiger partial charge in [-0.2, -0.15) is 0 Å². The van der Waals surface area contributed by atoms with Crippen LogP contribution in [-0.2, 0) is 32.0 Å². The minimum atomic E-state index is -0.939. The van der Waals surface area contributed by atoms with Crippen molar-refractivity contribution >= 4 is 33.8 Å². The van der Waals surface area contributed by atoms with Gasteiger partial charge in [0.15, 0.2) is 35.1 Å². The van der Waals surface area contributed by atoms with Crippen LogP contribution in [-0.4, -0.2) is 60.6 Å². The van der Waals surface area contributed by atoms with Crippen LogP contribution in [0.25, 0.3) is 22.1 Å². The molecule has 2 saturated heterocycles. The highest BCUT2D eigenvalue weighted by Crippen LogP contribution is 2.43. The fourth-order valence-electron chi connectivity index (χ4n) is 6.32. The van der Waals surface area contributed by atoms with E-state index in [1.54, 1.807) is 24.7 Å². The molecule has 7 rings (SSSR count). The normalized spacial score (nSPS) is 22.8. The first-order valence-electron chi connectivity index (χ1n) is 14.5. The van der Waals surface area contributed by atoms with Crippen molar-refractivity contribution in [1.29, 1.82) is 0 Å². The van der Waals surface area contributed by atoms with Crippen molar-refractivity contribution in [1.82, 2.24) is 24.1 Å². The Bertz CT molecular complexity index is 1840. The fraction of sp³-hybridized carbons (Fsp3) is 0.375. The Balaban J connectivity index is 1.11. The zero-order valence-electron chi connectivity index (χ0n) is 24.7. The second kappa shape index (κ2) is 10.4. The lowest BCUT2D eigenvalue weighted by atomic mass is 10.1. The molecule has 2 fully saturated rings. The van der Waals surface area contributed by atoms with E-state index < -0.39 is 36.2 Å². The van der Waals surface area contributed by atoms with Crippen LogP contribution >= 0.6 is 0 Å². The first kappa shape index (κ1) is 27.5. The number of fused-ring (bicyclic) bond motifs is 3. The number of aromatic nitrogens is 5. The zero-order valence-corrected chi connectivity index (χ0v) is 24.7. The summed E-state index contributed by atoms with van der Waals surface area (Å²) in [6, 6.07) is 15.1. The Kier molecular flexibility index (Phi) is 6.68. The number of imidazole rings is 1. The van der Waals surface area contributed by atoms with Crippen molar-refractivity contribution in [2.24, 2.45) is 5.73 Å². The number of ether oxygens (including phenoxy) is 3. The average molecular weight is 582 g/mol. The van der Waals surface area contributed by atoms with E-state index in [1.807, 2.05) is 0 Å². The number of para-hydroxylation sites is 1. The molecule has 0 spiro atoms. The Labute approximate surface area is 249 Å². The van der Waals surface area contributed by atoms with E-state index >= 15 is 0 Å². The van der Waals surface area contributed by atoms with E-state index in [0.717, 1.165) is 13.0 Å². The number of aryl methyl sites for hydroxylation is 2. The third kappa shape index (κ3) is 4.93. The smallest absolute Gasteiger partial charge is 0.249 e. The standard InChI is InChI=1S/C32H35N7O4/c1-18-9-10-19(2)21(13-18)15-38-14-20(22-7-5-6-8-23(22)38)11-12-34-29-24-30(36-16-35-29)39(17-37-24)31-27-25(26(41-31)28(33)40)42-32(3,4)43-27/h5-10,13-14,16-17,25-27,31H,11-12,15H2,1-4H3,(H2,33,40)(H,34,35,36)/t25-,26+,27-,31-/m1/s1. The zero-order chi connectivity index (χ0) is 29.9. The highest BCUT2D eigenvalue weighted by molar-refractivity contribution is 5.85. The number of nitrogens with zero attached hydrogens (tertiary/aromatic N) is 5. The molecule has 0 radical (unpaired) electrons. The maximum Gasteiger partial charge on any atom is 0.249 e. The van der Waals surface area contributed by atoms with Crippen molar-refractivity contribution < 1.29 is 19.0 Å². The van der Waals surface area contributed by atoms with Crippen LogP contribution < -0.4 is 11.1 Å². The number of nitrogens with one attached hydrogen (secondary N) is 1. The predicted molar refractivity (Wildman–Crippen MR) is 161 cm³/mol. The highest BCUT2D eigenvalue weighted by Gasteiger charge is 2.58. The first-order valence-corrected chi connectivity index (χ1v) is 14.5. The summed E-state index contributed by atoms with van der Waals surface area (Å²) in [6.45, 7) is 9.37. The molecule has 0 bridgehead atoms. The highest BCUT2D eigenvalue weighted by atomic mass is 16.8. The molecule has 2 aliphatic rings. The van der Waals surface area contributed by atoms with E-state index in [2.05, 4.69) is 87.3 Å². The molecule has 43 heavy (non-hydrogen) atoms. The number of hydrogen-bond acceptors (Lipinski definition) is 8. The first-order chi connectivity index (χ1) is 20.7. The number of rotatable bonds is 8. The molecule has 1 amide bonds. The van der Waals surface area contributed by atoms with Crippen molar-refractivity contribution in [3.05, 3.63) is 83.6 Å². The van der Waals surface area contributed by atoms with Gasteiger partial charge in [0.25, 0.3) is 0 Å². The lowest BCUT2D eigenvalue weighted by Gasteiger charge is -2.23. The SMILES string of the molecule is Cc1ccc(C)c(Cn2cc(CCNc3ncnc4c3ncn4[C@@H]3O[C@H](C(N)=O)[C@H]4OC(C)(C)O[C@H]43)c3ccccc32)c1. The summed E-state index contributed by atoms with van der Waals surface area (Å²) in [6.07, 6.45) is 3.39. The number of benzene rings is 2. The molecular weight excluding hydrogens is 546 g/mol. The third-order valence-corrected chi connectivity index (χ3v) is 8.35. The largest absolute Gasteiger partial charge is 0.368 e. The molecule has 3 N–H and O–H groups in total. The molecular formula is C32H35N7O4. The lowest BCUT2D eigenvalue weighted by Crippen LogP contribution is -2.39. The van der Waals surface area contributed by atoms with E-state index in [-0.39, 0.29) is 0 Å². The number of hydrogen-bond donors (Lipinski definition) is 2. The van der Waals surface area contributed by atoms with Crippen molar-refractivity contribution in [3.63, 3.8) is 0 Å². The molecule has 5 heterocycles. The summed E-state index contributed by atoms with van der Waals surface area (Å²) in [5, 5.41) is 4.70. The van der Waals surface area contributed by atoms with Crippen molar-refractivity contribution in [3.8, 4) is 0 Å². The van der Waals surface area contributed by atoms with Crippen molar-refractivity contribution in [2.75, 3.05) is 11.9 Å². The predicted octanol–water partition coefficient (Wildman–Crippen LogP) is 4.00. The topological polar surface area (TPSA) is 131 Å². The van der Waals surface area contributed by atoms with Crippen LogP contribution in [0.4, 0.5) is 5.82 Å². The number of anilines is 1. The van der Waals surface area contributed by atoms with Gasteiger partial charge in [-0.3, -0.25) is 9.36 Å². The Hall–Kier alpha value is -4.32. The quantitative estimate of drug-likeness (QED) is 0.281. The van der Waals surface area contributed by atoms with Gasteiger partial charge in [0, 0.05) is 30.2 Å². The molecule has 0 saturated carbocycles. The average Bonchev–Trinajstić information content (AvgIpc) is 3.71. The minimum absolute atomic E-state index is 0.544. The number of primary amides is 1. The van der Waals surface area contributed by atoms with E-state index in [9.17, 15) is 4.79 Å². The summed E-state index contributed by atoms with van der Waals surface area (Å²) in [4.78, 5) is 25.7. The summed E-state index contributed by atoms with van der Waals surface area (Å²) in [7, 11) is 0. The summed E-state index contributed by atoms with van der Waals surface area (Å²) in [5.41, 5.74) is 13.1. The maximum absolute atomic E-state index is 12.1. The lowest BCUT2D eigenvalue weighted by molar-refractivity contribution is -0.196. The number of amides is 1. The Morgan fingerprint density at radius 3 is 2.70 bits per heavy atom. The monoisotopic (exact) mass is 581 g/mol. The van der Waals surface area contributed by atoms with Crippen LogP contribution in [0.2, 0.25) is 0 Å². The molecule has 11 heteroatoms. The van der Waals surface area contributed by atoms with E-state index in [0.29, 0.717) is 23.5 Å². The third-order valence-electron chi connectivity index (χ3n) is 8.35. The number of carbonyl (C=O) groups is 1. The van der Waals surface area contributed by atoms with Gasteiger partial charge in [0.2, 0.25) is 5.91 Å². The molecule has 3 aromatic heterocycles. The Morgan fingerprint density at radius 1 is 1.05 bits per heavy atom. The van der Waals surface area contributed by atoms with Crippen LogP contribution in [0, 0.1) is 13.8 Å². The second-order valence-corrected chi connectivity index (χ2v) is 11.9. The second-order valence-electron chi connectivity index (χ2n) is 11.9. The van der Waals surface area contributed by atoms with Crippen LogP contribution in [0.3, 0.4) is 0 Å². The van der Waals surface area contributed by atoms with Crippen LogP contribution in [0.1, 0.15) is 42.3 Å². The molecule has 11 nitrogen and oxygen atoms in total. The van der Waals surface area contributed by atoms with Gasteiger partial charge in [-0.05, 0) is 56.9 Å². The van der Waals surface area contributed by atoms with Crippen LogP contribution in [0.15, 0.2) is 61.3 Å². The van der Waals surface area contributed by atoms with Gasteiger partial charge in [-0.15, -0.1) is 0 Å². The van der Waals surface area contributed by atoms with Gasteiger partial charge >= 0.3 is 0 Å². The van der Waals surface area contributed by atoms with Gasteiger partial charge in [-0.1, -0.05) is 42.0 Å².